The highest BCUT2D eigenvalue weighted by molar-refractivity contribution is 7.89. The average molecular weight is 500 g/mol. The largest absolute Gasteiger partial charge is 0.495 e. The van der Waals surface area contributed by atoms with Crippen LogP contribution in [0.3, 0.4) is 0 Å². The second kappa shape index (κ2) is 10.7. The van der Waals surface area contributed by atoms with Gasteiger partial charge in [-0.2, -0.15) is 0 Å². The maximum Gasteiger partial charge on any atom is 0.255 e. The summed E-state index contributed by atoms with van der Waals surface area (Å²) in [5, 5.41) is 0. The molecule has 1 saturated heterocycles. The lowest BCUT2D eigenvalue weighted by Gasteiger charge is -2.37. The van der Waals surface area contributed by atoms with E-state index >= 15 is 0 Å². The zero-order valence-corrected chi connectivity index (χ0v) is 20.4. The van der Waals surface area contributed by atoms with Crippen LogP contribution in [0.2, 0.25) is 0 Å². The minimum atomic E-state index is -3.68. The minimum absolute atomic E-state index is 0.198. The van der Waals surface area contributed by atoms with Crippen LogP contribution in [0.4, 0.5) is 5.69 Å². The van der Waals surface area contributed by atoms with Gasteiger partial charge in [0.2, 0.25) is 10.0 Å². The SMILES string of the molecule is COc1ccc(S(=O)(=O)N(C)CCc2ccccc2)cc1N1CCN(C(=O)C(Cl)Cl)CC1. The summed E-state index contributed by atoms with van der Waals surface area (Å²) in [5.74, 6) is 0.250. The Kier molecular flexibility index (Phi) is 8.27. The molecule has 1 aliphatic rings. The normalized spacial score (nSPS) is 14.8. The van der Waals surface area contributed by atoms with E-state index in [2.05, 4.69) is 0 Å². The first-order valence-corrected chi connectivity index (χ1v) is 12.6. The lowest BCUT2D eigenvalue weighted by atomic mass is 10.2. The van der Waals surface area contributed by atoms with Crippen molar-refractivity contribution in [2.45, 2.75) is 16.2 Å². The van der Waals surface area contributed by atoms with Crippen molar-refractivity contribution in [3.05, 3.63) is 54.1 Å². The summed E-state index contributed by atoms with van der Waals surface area (Å²) in [7, 11) is -0.548. The predicted octanol–water partition coefficient (Wildman–Crippen LogP) is 3.01. The molecule has 0 bridgehead atoms. The molecule has 1 amide bonds. The molecule has 7 nitrogen and oxygen atoms in total. The molecule has 174 valence electrons. The maximum absolute atomic E-state index is 13.2. The third-order valence-electron chi connectivity index (χ3n) is 5.54. The Morgan fingerprint density at radius 2 is 1.75 bits per heavy atom. The quantitative estimate of drug-likeness (QED) is 0.522. The number of alkyl halides is 2. The van der Waals surface area contributed by atoms with Crippen LogP contribution >= 0.6 is 23.2 Å². The number of halogens is 2. The van der Waals surface area contributed by atoms with Crippen molar-refractivity contribution in [1.82, 2.24) is 9.21 Å². The summed E-state index contributed by atoms with van der Waals surface area (Å²) in [6, 6.07) is 14.6. The van der Waals surface area contributed by atoms with E-state index < -0.39 is 14.9 Å². The van der Waals surface area contributed by atoms with Crippen molar-refractivity contribution in [3.63, 3.8) is 0 Å². The number of amides is 1. The number of nitrogens with zero attached hydrogens (tertiary/aromatic N) is 3. The molecule has 1 fully saturated rings. The Balaban J connectivity index is 1.76. The van der Waals surface area contributed by atoms with Crippen LogP contribution < -0.4 is 9.64 Å². The molecule has 32 heavy (non-hydrogen) atoms. The van der Waals surface area contributed by atoms with E-state index in [0.717, 1.165) is 5.56 Å². The van der Waals surface area contributed by atoms with Crippen molar-refractivity contribution < 1.29 is 17.9 Å². The smallest absolute Gasteiger partial charge is 0.255 e. The van der Waals surface area contributed by atoms with Crippen LogP contribution in [-0.4, -0.2) is 75.2 Å². The topological polar surface area (TPSA) is 70.2 Å². The van der Waals surface area contributed by atoms with Crippen molar-refractivity contribution in [3.8, 4) is 5.75 Å². The van der Waals surface area contributed by atoms with Crippen molar-refractivity contribution in [2.75, 3.05) is 51.8 Å². The highest BCUT2D eigenvalue weighted by atomic mass is 35.5. The number of methoxy groups -OCH3 is 1. The maximum atomic E-state index is 13.2. The van der Waals surface area contributed by atoms with Gasteiger partial charge in [0.25, 0.3) is 5.91 Å². The van der Waals surface area contributed by atoms with Crippen molar-refractivity contribution >= 4 is 44.8 Å². The highest BCUT2D eigenvalue weighted by Crippen LogP contribution is 2.32. The van der Waals surface area contributed by atoms with Gasteiger partial charge in [0.15, 0.2) is 4.84 Å². The predicted molar refractivity (Wildman–Crippen MR) is 127 cm³/mol. The Morgan fingerprint density at radius 1 is 1.09 bits per heavy atom. The number of rotatable bonds is 8. The minimum Gasteiger partial charge on any atom is -0.495 e. The first kappa shape index (κ1) is 24.6. The summed E-state index contributed by atoms with van der Waals surface area (Å²) < 4.78 is 33.2. The Labute approximate surface area is 199 Å². The Hall–Kier alpha value is -2.00. The molecule has 0 radical (unpaired) electrons. The molecular formula is C22H27Cl2N3O4S. The molecule has 0 aliphatic carbocycles. The number of carbonyl (C=O) groups is 1. The summed E-state index contributed by atoms with van der Waals surface area (Å²) in [6.07, 6.45) is 0.623. The van der Waals surface area contributed by atoms with Gasteiger partial charge >= 0.3 is 0 Å². The van der Waals surface area contributed by atoms with Gasteiger partial charge in [0.05, 0.1) is 17.7 Å². The van der Waals surface area contributed by atoms with Gasteiger partial charge in [-0.3, -0.25) is 4.79 Å². The zero-order chi connectivity index (χ0) is 23.3. The van der Waals surface area contributed by atoms with Crippen LogP contribution in [0, 0.1) is 0 Å². The first-order chi connectivity index (χ1) is 15.2. The Morgan fingerprint density at radius 3 is 2.34 bits per heavy atom. The number of hydrogen-bond acceptors (Lipinski definition) is 5. The fraction of sp³-hybridized carbons (Fsp3) is 0.409. The van der Waals surface area contributed by atoms with E-state index in [1.807, 2.05) is 35.2 Å². The number of likely N-dealkylation sites (N-methyl/N-ethyl adjacent to an activating group) is 1. The molecule has 0 saturated carbocycles. The molecule has 0 N–H and O–H groups in total. The molecule has 10 heteroatoms. The summed E-state index contributed by atoms with van der Waals surface area (Å²) >= 11 is 11.4. The Bertz CT molecular complexity index is 1030. The van der Waals surface area contributed by atoms with E-state index in [1.54, 1.807) is 37.3 Å². The van der Waals surface area contributed by atoms with Crippen LogP contribution in [-0.2, 0) is 21.2 Å². The second-order valence-electron chi connectivity index (χ2n) is 7.51. The number of benzene rings is 2. The van der Waals surface area contributed by atoms with E-state index in [0.29, 0.717) is 50.6 Å². The fourth-order valence-corrected chi connectivity index (χ4v) is 5.08. The zero-order valence-electron chi connectivity index (χ0n) is 18.1. The molecule has 3 rings (SSSR count). The average Bonchev–Trinajstić information content (AvgIpc) is 2.82. The molecule has 0 unspecified atom stereocenters. The number of hydrogen-bond donors (Lipinski definition) is 0. The highest BCUT2D eigenvalue weighted by Gasteiger charge is 2.28. The standard InChI is InChI=1S/C22H27Cl2N3O4S/c1-25(11-10-17-6-4-3-5-7-17)32(29,30)18-8-9-20(31-2)19(16-18)26-12-14-27(15-13-26)22(28)21(23)24/h3-9,16,21H,10-15H2,1-2H3. The van der Waals surface area contributed by atoms with Gasteiger partial charge in [-0.25, -0.2) is 12.7 Å². The monoisotopic (exact) mass is 499 g/mol. The van der Waals surface area contributed by atoms with Crippen molar-refractivity contribution in [1.29, 1.82) is 0 Å². The molecule has 2 aromatic rings. The number of sulfonamides is 1. The van der Waals surface area contributed by atoms with Gasteiger partial charge in [-0.15, -0.1) is 0 Å². The summed E-state index contributed by atoms with van der Waals surface area (Å²) in [6.45, 7) is 2.26. The van der Waals surface area contributed by atoms with Gasteiger partial charge in [-0.05, 0) is 30.2 Å². The molecule has 2 aromatic carbocycles. The van der Waals surface area contributed by atoms with Crippen molar-refractivity contribution in [2.24, 2.45) is 0 Å². The van der Waals surface area contributed by atoms with E-state index in [4.69, 9.17) is 27.9 Å². The summed E-state index contributed by atoms with van der Waals surface area (Å²) in [5.41, 5.74) is 1.75. The van der Waals surface area contributed by atoms with Gasteiger partial charge in [0.1, 0.15) is 5.75 Å². The van der Waals surface area contributed by atoms with Crippen LogP contribution in [0.1, 0.15) is 5.56 Å². The molecule has 1 aliphatic heterocycles. The number of ether oxygens (including phenoxy) is 1. The second-order valence-corrected chi connectivity index (χ2v) is 10.7. The van der Waals surface area contributed by atoms with E-state index in [9.17, 15) is 13.2 Å². The number of anilines is 1. The number of carbonyl (C=O) groups excluding carboxylic acids is 1. The van der Waals surface area contributed by atoms with Gasteiger partial charge in [-0.1, -0.05) is 53.5 Å². The lowest BCUT2D eigenvalue weighted by Crippen LogP contribution is -2.50. The molecule has 0 spiro atoms. The first-order valence-electron chi connectivity index (χ1n) is 10.2. The summed E-state index contributed by atoms with van der Waals surface area (Å²) in [4.78, 5) is 14.7. The van der Waals surface area contributed by atoms with E-state index in [-0.39, 0.29) is 10.8 Å². The molecule has 0 atom stereocenters. The number of piperazine rings is 1. The third kappa shape index (κ3) is 5.67. The van der Waals surface area contributed by atoms with E-state index in [1.165, 1.54) is 4.31 Å². The van der Waals surface area contributed by atoms with Crippen LogP contribution in [0.25, 0.3) is 0 Å². The fourth-order valence-electron chi connectivity index (χ4n) is 3.61. The molecule has 0 aromatic heterocycles. The van der Waals surface area contributed by atoms with Gasteiger partial charge in [0, 0.05) is 39.8 Å². The van der Waals surface area contributed by atoms with Gasteiger partial charge < -0.3 is 14.5 Å². The molecule has 1 heterocycles. The lowest BCUT2D eigenvalue weighted by molar-refractivity contribution is -0.129. The third-order valence-corrected chi connectivity index (χ3v) is 7.76. The van der Waals surface area contributed by atoms with Crippen LogP contribution in [0.5, 0.6) is 5.75 Å². The van der Waals surface area contributed by atoms with Crippen LogP contribution in [0.15, 0.2) is 53.4 Å². The molecular weight excluding hydrogens is 473 g/mol.